The summed E-state index contributed by atoms with van der Waals surface area (Å²) in [4.78, 5) is 20.9. The smallest absolute Gasteiger partial charge is 0.437 e. The lowest BCUT2D eigenvalue weighted by molar-refractivity contribution is -0.142. The number of alkyl halides is 3. The number of ether oxygens (including phenoxy) is 3. The molecule has 0 aliphatic rings. The number of aryl methyl sites for hydroxylation is 1. The molecule has 0 N–H and O–H groups in total. The molecule has 12 heteroatoms. The van der Waals surface area contributed by atoms with Gasteiger partial charge in [-0.15, -0.1) is 6.58 Å². The molecule has 194 valence electrons. The van der Waals surface area contributed by atoms with E-state index < -0.39 is 17.8 Å². The SMILES string of the molecule is C=CCOCCCOC(=O)c1ccc(Oc2nccn3c(-c4conc4C(F)(F)F)cnc23)cc1CC. The second-order valence-corrected chi connectivity index (χ2v) is 7.77. The quantitative estimate of drug-likeness (QED) is 0.146. The highest BCUT2D eigenvalue weighted by Gasteiger charge is 2.38. The number of hydrogen-bond donors (Lipinski definition) is 0. The van der Waals surface area contributed by atoms with Crippen LogP contribution in [-0.2, 0) is 22.1 Å². The Morgan fingerprint density at radius 3 is 2.84 bits per heavy atom. The van der Waals surface area contributed by atoms with Gasteiger partial charge in [0.1, 0.15) is 12.0 Å². The van der Waals surface area contributed by atoms with Crippen LogP contribution in [0.1, 0.15) is 35.0 Å². The number of nitrogens with zero attached hydrogens (tertiary/aromatic N) is 4. The number of fused-ring (bicyclic) bond motifs is 1. The minimum atomic E-state index is -4.70. The van der Waals surface area contributed by atoms with Crippen LogP contribution < -0.4 is 4.74 Å². The third kappa shape index (κ3) is 5.80. The van der Waals surface area contributed by atoms with E-state index in [4.69, 9.17) is 14.2 Å². The molecule has 0 saturated carbocycles. The van der Waals surface area contributed by atoms with Crippen LogP contribution >= 0.6 is 0 Å². The molecule has 0 amide bonds. The molecule has 0 radical (unpaired) electrons. The molecule has 4 aromatic rings. The third-order valence-corrected chi connectivity index (χ3v) is 5.30. The zero-order chi connectivity index (χ0) is 26.4. The molecule has 0 unspecified atom stereocenters. The van der Waals surface area contributed by atoms with E-state index >= 15 is 0 Å². The number of halogens is 3. The summed E-state index contributed by atoms with van der Waals surface area (Å²) >= 11 is 0. The Kier molecular flexibility index (Phi) is 7.87. The molecule has 4 rings (SSSR count). The minimum absolute atomic E-state index is 0.0654. The van der Waals surface area contributed by atoms with Gasteiger partial charge in [0, 0.05) is 18.8 Å². The van der Waals surface area contributed by atoms with Gasteiger partial charge in [0.2, 0.25) is 5.65 Å². The molecule has 1 aromatic carbocycles. The third-order valence-electron chi connectivity index (χ3n) is 5.30. The van der Waals surface area contributed by atoms with Crippen molar-refractivity contribution in [2.45, 2.75) is 25.9 Å². The molecule has 9 nitrogen and oxygen atoms in total. The van der Waals surface area contributed by atoms with Gasteiger partial charge in [0.15, 0.2) is 5.69 Å². The van der Waals surface area contributed by atoms with Crippen molar-refractivity contribution in [3.63, 3.8) is 0 Å². The number of rotatable bonds is 11. The van der Waals surface area contributed by atoms with E-state index in [9.17, 15) is 18.0 Å². The highest BCUT2D eigenvalue weighted by Crippen LogP contribution is 2.37. The predicted molar refractivity (Wildman–Crippen MR) is 125 cm³/mol. The van der Waals surface area contributed by atoms with Gasteiger partial charge in [-0.2, -0.15) is 13.2 Å². The van der Waals surface area contributed by atoms with Gasteiger partial charge in [-0.05, 0) is 30.2 Å². The fourth-order valence-electron chi connectivity index (χ4n) is 3.60. The van der Waals surface area contributed by atoms with Gasteiger partial charge >= 0.3 is 12.1 Å². The zero-order valence-corrected chi connectivity index (χ0v) is 19.8. The van der Waals surface area contributed by atoms with E-state index in [2.05, 4.69) is 26.2 Å². The van der Waals surface area contributed by atoms with Crippen molar-refractivity contribution in [3.05, 3.63) is 72.5 Å². The molecule has 3 aromatic heterocycles. The fraction of sp³-hybridized carbons (Fsp3) is 0.280. The first-order valence-electron chi connectivity index (χ1n) is 11.3. The van der Waals surface area contributed by atoms with Gasteiger partial charge in [-0.1, -0.05) is 18.2 Å². The van der Waals surface area contributed by atoms with E-state index in [1.807, 2.05) is 6.92 Å². The van der Waals surface area contributed by atoms with Crippen molar-refractivity contribution in [3.8, 4) is 22.9 Å². The van der Waals surface area contributed by atoms with Crippen LogP contribution in [0.3, 0.4) is 0 Å². The Hall–Kier alpha value is -4.19. The van der Waals surface area contributed by atoms with E-state index in [1.54, 1.807) is 24.3 Å². The second-order valence-electron chi connectivity index (χ2n) is 7.77. The van der Waals surface area contributed by atoms with E-state index in [0.29, 0.717) is 42.9 Å². The molecule has 0 saturated heterocycles. The number of esters is 1. The topological polar surface area (TPSA) is 101 Å². The monoisotopic (exact) mass is 516 g/mol. The molecule has 0 aliphatic carbocycles. The Balaban J connectivity index is 1.53. The molecule has 0 fully saturated rings. The highest BCUT2D eigenvalue weighted by molar-refractivity contribution is 5.91. The van der Waals surface area contributed by atoms with Crippen LogP contribution in [0, 0.1) is 0 Å². The summed E-state index contributed by atoms with van der Waals surface area (Å²) in [5.41, 5.74) is -0.0254. The molecular weight excluding hydrogens is 493 g/mol. The van der Waals surface area contributed by atoms with Crippen LogP contribution in [0.2, 0.25) is 0 Å². The second kappa shape index (κ2) is 11.2. The largest absolute Gasteiger partial charge is 0.462 e. The summed E-state index contributed by atoms with van der Waals surface area (Å²) in [6.07, 6.45) is 3.03. The first-order valence-corrected chi connectivity index (χ1v) is 11.3. The lowest BCUT2D eigenvalue weighted by atomic mass is 10.0. The number of aromatic nitrogens is 4. The average Bonchev–Trinajstić information content (AvgIpc) is 3.53. The van der Waals surface area contributed by atoms with Gasteiger partial charge < -0.3 is 18.7 Å². The van der Waals surface area contributed by atoms with E-state index in [1.165, 1.54) is 23.0 Å². The van der Waals surface area contributed by atoms with E-state index in [-0.39, 0.29) is 29.4 Å². The Bertz CT molecular complexity index is 1400. The molecule has 0 aliphatic heterocycles. The fourth-order valence-corrected chi connectivity index (χ4v) is 3.60. The maximum atomic E-state index is 13.3. The number of hydrogen-bond acceptors (Lipinski definition) is 8. The number of carbonyl (C=O) groups excluding carboxylic acids is 1. The van der Waals surface area contributed by atoms with Crippen molar-refractivity contribution >= 4 is 11.6 Å². The van der Waals surface area contributed by atoms with Gasteiger partial charge in [0.25, 0.3) is 5.88 Å². The van der Waals surface area contributed by atoms with Crippen LogP contribution in [0.5, 0.6) is 11.6 Å². The van der Waals surface area contributed by atoms with Gasteiger partial charge in [0.05, 0.1) is 42.8 Å². The summed E-state index contributed by atoms with van der Waals surface area (Å²) in [5.74, 6) is -0.0209. The molecule has 3 heterocycles. The molecule has 0 spiro atoms. The Morgan fingerprint density at radius 1 is 1.24 bits per heavy atom. The molecule has 0 bridgehead atoms. The summed E-state index contributed by atoms with van der Waals surface area (Å²) < 4.78 is 62.4. The molecular formula is C25H23F3N4O5. The van der Waals surface area contributed by atoms with Crippen molar-refractivity contribution in [2.24, 2.45) is 0 Å². The first kappa shape index (κ1) is 25.9. The molecule has 0 atom stereocenters. The Labute approximate surface area is 209 Å². The lowest BCUT2D eigenvalue weighted by Gasteiger charge is -2.12. The standard InChI is InChI=1S/C25H23F3N4O5/c1-3-10-34-11-5-12-35-24(33)18-7-6-17(13-16(18)4-2)37-23-22-30-14-20(32(22)9-8-29-23)19-15-36-31-21(19)25(26,27)28/h3,6-9,13-15H,1,4-5,10-12H2,2H3. The van der Waals surface area contributed by atoms with Gasteiger partial charge in [-0.3, -0.25) is 4.40 Å². The number of carbonyl (C=O) groups is 1. The van der Waals surface area contributed by atoms with Crippen molar-refractivity contribution < 1.29 is 36.7 Å². The maximum Gasteiger partial charge on any atom is 0.437 e. The van der Waals surface area contributed by atoms with Crippen molar-refractivity contribution in [2.75, 3.05) is 19.8 Å². The van der Waals surface area contributed by atoms with Crippen LogP contribution in [0.15, 0.2) is 60.2 Å². The summed E-state index contributed by atoms with van der Waals surface area (Å²) in [5, 5.41) is 3.08. The number of imidazole rings is 1. The first-order chi connectivity index (χ1) is 17.8. The van der Waals surface area contributed by atoms with Crippen LogP contribution in [-0.4, -0.2) is 45.3 Å². The minimum Gasteiger partial charge on any atom is -0.462 e. The Morgan fingerprint density at radius 2 is 2.08 bits per heavy atom. The van der Waals surface area contributed by atoms with Gasteiger partial charge in [-0.25, -0.2) is 14.8 Å². The van der Waals surface area contributed by atoms with Crippen LogP contribution in [0.4, 0.5) is 13.2 Å². The zero-order valence-electron chi connectivity index (χ0n) is 19.8. The summed E-state index contributed by atoms with van der Waals surface area (Å²) in [6, 6.07) is 4.86. The van der Waals surface area contributed by atoms with Crippen molar-refractivity contribution in [1.82, 2.24) is 19.5 Å². The number of benzene rings is 1. The molecule has 37 heavy (non-hydrogen) atoms. The van der Waals surface area contributed by atoms with E-state index in [0.717, 1.165) is 6.26 Å². The highest BCUT2D eigenvalue weighted by atomic mass is 19.4. The normalized spacial score (nSPS) is 11.6. The summed E-state index contributed by atoms with van der Waals surface area (Å²) in [6.45, 7) is 6.56. The van der Waals surface area contributed by atoms with Crippen molar-refractivity contribution in [1.29, 1.82) is 0 Å². The average molecular weight is 516 g/mol. The summed E-state index contributed by atoms with van der Waals surface area (Å²) in [7, 11) is 0. The van der Waals surface area contributed by atoms with Crippen LogP contribution in [0.25, 0.3) is 16.9 Å². The lowest BCUT2D eigenvalue weighted by Crippen LogP contribution is -2.11. The predicted octanol–water partition coefficient (Wildman–Crippen LogP) is 5.51. The maximum absolute atomic E-state index is 13.3.